The summed E-state index contributed by atoms with van der Waals surface area (Å²) in [6, 6.07) is 8.30. The highest BCUT2D eigenvalue weighted by molar-refractivity contribution is 5.75. The van der Waals surface area contributed by atoms with Crippen molar-refractivity contribution in [1.82, 2.24) is 9.97 Å². The van der Waals surface area contributed by atoms with Gasteiger partial charge in [0.2, 0.25) is 5.95 Å². The van der Waals surface area contributed by atoms with Crippen LogP contribution in [0.1, 0.15) is 69.1 Å². The lowest BCUT2D eigenvalue weighted by molar-refractivity contribution is -0.117. The van der Waals surface area contributed by atoms with E-state index in [0.717, 1.165) is 36.6 Å². The molecular formula is C26H31N3O. The van der Waals surface area contributed by atoms with Crippen molar-refractivity contribution in [2.75, 3.05) is 18.0 Å². The smallest absolute Gasteiger partial charge is 0.225 e. The molecule has 156 valence electrons. The molecule has 1 aliphatic heterocycles. The van der Waals surface area contributed by atoms with E-state index in [1.165, 1.54) is 37.7 Å². The van der Waals surface area contributed by atoms with Crippen LogP contribution < -0.4 is 4.90 Å². The van der Waals surface area contributed by atoms with E-state index in [2.05, 4.69) is 45.8 Å². The van der Waals surface area contributed by atoms with Gasteiger partial charge in [-0.1, -0.05) is 43.7 Å². The first-order valence-corrected chi connectivity index (χ1v) is 11.2. The number of rotatable bonds is 5. The first-order valence-electron chi connectivity index (χ1n) is 11.2. The summed E-state index contributed by atoms with van der Waals surface area (Å²) in [5, 5.41) is 0. The molecule has 1 aromatic carbocycles. The Kier molecular flexibility index (Phi) is 6.18. The standard InChI is InChI=1S/C26H31N3O/c1-20(15-21(2)30)16-23-8-5-22(6-9-23)7-10-24-17-27-25(28-18-24)29-14-13-26(19-29)11-3-4-12-26/h5-6,8-9,17-18,20H,3-4,11-16,19H2,1-2H3. The van der Waals surface area contributed by atoms with Gasteiger partial charge in [-0.05, 0) is 61.6 Å². The van der Waals surface area contributed by atoms with Crippen LogP contribution in [0.4, 0.5) is 5.95 Å². The molecule has 1 unspecified atom stereocenters. The summed E-state index contributed by atoms with van der Waals surface area (Å²) in [6.45, 7) is 5.95. The lowest BCUT2D eigenvalue weighted by Crippen LogP contribution is -2.26. The molecule has 1 aromatic heterocycles. The minimum Gasteiger partial charge on any atom is -0.340 e. The fraction of sp³-hybridized carbons (Fsp3) is 0.500. The summed E-state index contributed by atoms with van der Waals surface area (Å²) in [6.07, 6.45) is 12.0. The predicted octanol–water partition coefficient (Wildman–Crippen LogP) is 4.80. The van der Waals surface area contributed by atoms with Crippen LogP contribution in [0.15, 0.2) is 36.7 Å². The molecular weight excluding hydrogens is 370 g/mol. The second-order valence-corrected chi connectivity index (χ2v) is 9.31. The molecule has 2 aromatic rings. The number of aromatic nitrogens is 2. The van der Waals surface area contributed by atoms with Crippen LogP contribution in [0.2, 0.25) is 0 Å². The first kappa shape index (κ1) is 20.6. The molecule has 2 fully saturated rings. The first-order chi connectivity index (χ1) is 14.5. The highest BCUT2D eigenvalue weighted by Crippen LogP contribution is 2.45. The maximum Gasteiger partial charge on any atom is 0.225 e. The molecule has 0 amide bonds. The Morgan fingerprint density at radius 3 is 2.40 bits per heavy atom. The number of nitrogens with zero attached hydrogens (tertiary/aromatic N) is 3. The normalized spacial score (nSPS) is 18.3. The third-order valence-corrected chi connectivity index (χ3v) is 6.55. The Morgan fingerprint density at radius 2 is 1.73 bits per heavy atom. The predicted molar refractivity (Wildman–Crippen MR) is 120 cm³/mol. The van der Waals surface area contributed by atoms with E-state index in [0.29, 0.717) is 17.8 Å². The molecule has 1 saturated heterocycles. The van der Waals surface area contributed by atoms with Crippen LogP contribution in [0, 0.1) is 23.2 Å². The van der Waals surface area contributed by atoms with Crippen molar-refractivity contribution in [3.8, 4) is 11.8 Å². The molecule has 2 aliphatic rings. The minimum atomic E-state index is 0.251. The number of hydrogen-bond acceptors (Lipinski definition) is 4. The molecule has 1 saturated carbocycles. The zero-order valence-corrected chi connectivity index (χ0v) is 18.2. The fourth-order valence-corrected chi connectivity index (χ4v) is 5.02. The second kappa shape index (κ2) is 9.00. The van der Waals surface area contributed by atoms with E-state index in [9.17, 15) is 4.79 Å². The van der Waals surface area contributed by atoms with Gasteiger partial charge in [0.05, 0.1) is 5.56 Å². The minimum absolute atomic E-state index is 0.251. The van der Waals surface area contributed by atoms with Crippen molar-refractivity contribution < 1.29 is 4.79 Å². The number of carbonyl (C=O) groups excluding carboxylic acids is 1. The zero-order chi connectivity index (χ0) is 21.0. The monoisotopic (exact) mass is 401 g/mol. The highest BCUT2D eigenvalue weighted by atomic mass is 16.1. The van der Waals surface area contributed by atoms with Gasteiger partial charge in [0.15, 0.2) is 0 Å². The van der Waals surface area contributed by atoms with Crippen LogP contribution in [0.25, 0.3) is 0 Å². The van der Waals surface area contributed by atoms with E-state index < -0.39 is 0 Å². The van der Waals surface area contributed by atoms with E-state index in [-0.39, 0.29) is 5.78 Å². The maximum atomic E-state index is 11.2. The number of hydrogen-bond donors (Lipinski definition) is 0. The van der Waals surface area contributed by atoms with Crippen LogP contribution in [-0.4, -0.2) is 28.8 Å². The third kappa shape index (κ3) is 5.08. The van der Waals surface area contributed by atoms with E-state index >= 15 is 0 Å². The molecule has 1 aliphatic carbocycles. The summed E-state index contributed by atoms with van der Waals surface area (Å²) in [5.41, 5.74) is 3.59. The van der Waals surface area contributed by atoms with Crippen molar-refractivity contribution in [1.29, 1.82) is 0 Å². The van der Waals surface area contributed by atoms with Gasteiger partial charge >= 0.3 is 0 Å². The summed E-state index contributed by atoms with van der Waals surface area (Å²) < 4.78 is 0. The Bertz CT molecular complexity index is 931. The number of carbonyl (C=O) groups is 1. The third-order valence-electron chi connectivity index (χ3n) is 6.55. The topological polar surface area (TPSA) is 46.1 Å². The van der Waals surface area contributed by atoms with Gasteiger partial charge in [-0.15, -0.1) is 0 Å². The van der Waals surface area contributed by atoms with Crippen molar-refractivity contribution in [2.24, 2.45) is 11.3 Å². The zero-order valence-electron chi connectivity index (χ0n) is 18.2. The van der Waals surface area contributed by atoms with Gasteiger partial charge in [-0.3, -0.25) is 0 Å². The molecule has 0 radical (unpaired) electrons. The SMILES string of the molecule is CC(=O)CC(C)Cc1ccc(C#Cc2cnc(N3CCC4(CCCC4)C3)nc2)cc1. The Balaban J connectivity index is 1.34. The van der Waals surface area contributed by atoms with Gasteiger partial charge < -0.3 is 9.69 Å². The van der Waals surface area contributed by atoms with Gasteiger partial charge in [0.25, 0.3) is 0 Å². The van der Waals surface area contributed by atoms with E-state index in [1.54, 1.807) is 6.92 Å². The largest absolute Gasteiger partial charge is 0.340 e. The fourth-order valence-electron chi connectivity index (χ4n) is 5.02. The lowest BCUT2D eigenvalue weighted by Gasteiger charge is -2.23. The molecule has 1 atom stereocenters. The number of ketones is 1. The summed E-state index contributed by atoms with van der Waals surface area (Å²) in [4.78, 5) is 22.7. The molecule has 0 bridgehead atoms. The van der Waals surface area contributed by atoms with Crippen molar-refractivity contribution in [3.63, 3.8) is 0 Å². The Morgan fingerprint density at radius 1 is 1.07 bits per heavy atom. The molecule has 4 rings (SSSR count). The molecule has 0 N–H and O–H groups in total. The average molecular weight is 402 g/mol. The molecule has 4 heteroatoms. The van der Waals surface area contributed by atoms with Crippen molar-refractivity contribution in [2.45, 2.75) is 58.8 Å². The Hall–Kier alpha value is -2.67. The molecule has 4 nitrogen and oxygen atoms in total. The van der Waals surface area contributed by atoms with Crippen LogP contribution in [0.5, 0.6) is 0 Å². The molecule has 1 spiro atoms. The van der Waals surface area contributed by atoms with Gasteiger partial charge in [-0.2, -0.15) is 0 Å². The van der Waals surface area contributed by atoms with Crippen molar-refractivity contribution >= 4 is 11.7 Å². The van der Waals surface area contributed by atoms with Crippen LogP contribution in [-0.2, 0) is 11.2 Å². The quantitative estimate of drug-likeness (QED) is 0.675. The highest BCUT2D eigenvalue weighted by Gasteiger charge is 2.40. The summed E-state index contributed by atoms with van der Waals surface area (Å²) >= 11 is 0. The number of anilines is 1. The van der Waals surface area contributed by atoms with Gasteiger partial charge in [0.1, 0.15) is 5.78 Å². The van der Waals surface area contributed by atoms with Gasteiger partial charge in [-0.25, -0.2) is 9.97 Å². The van der Waals surface area contributed by atoms with Gasteiger partial charge in [0, 0.05) is 37.5 Å². The second-order valence-electron chi connectivity index (χ2n) is 9.31. The lowest BCUT2D eigenvalue weighted by atomic mass is 9.86. The molecule has 30 heavy (non-hydrogen) atoms. The van der Waals surface area contributed by atoms with E-state index in [4.69, 9.17) is 0 Å². The van der Waals surface area contributed by atoms with Crippen molar-refractivity contribution in [3.05, 3.63) is 53.3 Å². The average Bonchev–Trinajstić information content (AvgIpc) is 3.37. The number of benzene rings is 1. The van der Waals surface area contributed by atoms with Crippen LogP contribution in [0.3, 0.4) is 0 Å². The maximum absolute atomic E-state index is 11.2. The number of Topliss-reactive ketones (excluding diaryl/α,β-unsaturated/α-hetero) is 1. The van der Waals surface area contributed by atoms with E-state index in [1.807, 2.05) is 24.5 Å². The summed E-state index contributed by atoms with van der Waals surface area (Å²) in [5.74, 6) is 7.84. The van der Waals surface area contributed by atoms with Crippen LogP contribution >= 0.6 is 0 Å². The summed E-state index contributed by atoms with van der Waals surface area (Å²) in [7, 11) is 0. The Labute approximate surface area is 180 Å². The molecule has 2 heterocycles.